The van der Waals surface area contributed by atoms with Crippen molar-refractivity contribution in [2.75, 3.05) is 11.1 Å². The largest absolute Gasteiger partial charge is 0.496 e. The first-order chi connectivity index (χ1) is 13.8. The van der Waals surface area contributed by atoms with Crippen LogP contribution in [0.15, 0.2) is 36.4 Å². The lowest BCUT2D eigenvalue weighted by atomic mass is 9.77. The zero-order valence-electron chi connectivity index (χ0n) is 17.8. The molecule has 1 saturated heterocycles. The Hall–Kier alpha value is -1.97. The molecule has 1 N–H and O–H groups in total. The molecule has 1 heterocycles. The van der Waals surface area contributed by atoms with E-state index in [0.717, 1.165) is 12.1 Å². The van der Waals surface area contributed by atoms with Gasteiger partial charge in [0.25, 0.3) is 0 Å². The van der Waals surface area contributed by atoms with E-state index in [-0.39, 0.29) is 17.2 Å². The minimum Gasteiger partial charge on any atom is -0.399 e. The number of anilines is 2. The maximum absolute atomic E-state index is 14.2. The molecule has 1 aliphatic heterocycles. The van der Waals surface area contributed by atoms with E-state index in [1.165, 1.54) is 6.07 Å². The maximum Gasteiger partial charge on any atom is 0.496 e. The molecule has 1 fully saturated rings. The first-order valence-electron chi connectivity index (χ1n) is 9.74. The molecule has 9 heteroatoms. The van der Waals surface area contributed by atoms with Crippen LogP contribution in [0.2, 0.25) is 0 Å². The highest BCUT2D eigenvalue weighted by Crippen LogP contribution is 2.37. The molecule has 30 heavy (non-hydrogen) atoms. The van der Waals surface area contributed by atoms with Gasteiger partial charge in [-0.25, -0.2) is 17.2 Å². The molecule has 0 atom stereocenters. The third kappa shape index (κ3) is 4.68. The highest BCUT2D eigenvalue weighted by molar-refractivity contribution is 7.90. The number of rotatable bonds is 6. The topological polar surface area (TPSA) is 64.6 Å². The monoisotopic (exact) mass is 437 g/mol. The van der Waals surface area contributed by atoms with Gasteiger partial charge in [-0.3, -0.25) is 0 Å². The fourth-order valence-electron chi connectivity index (χ4n) is 3.07. The van der Waals surface area contributed by atoms with Crippen LogP contribution in [0.3, 0.4) is 0 Å². The number of hydrogen-bond acceptors (Lipinski definition) is 5. The van der Waals surface area contributed by atoms with E-state index in [2.05, 4.69) is 5.32 Å². The molecule has 0 bridgehead atoms. The second-order valence-electron chi connectivity index (χ2n) is 8.44. The summed E-state index contributed by atoms with van der Waals surface area (Å²) in [6.07, 6.45) is 0. The second kappa shape index (κ2) is 7.94. The van der Waals surface area contributed by atoms with E-state index >= 15 is 0 Å². The van der Waals surface area contributed by atoms with Crippen molar-refractivity contribution in [1.82, 2.24) is 0 Å². The minimum atomic E-state index is -3.25. The summed E-state index contributed by atoms with van der Waals surface area (Å²) < 4.78 is 63.9. The Morgan fingerprint density at radius 2 is 1.57 bits per heavy atom. The molecule has 1 aliphatic rings. The van der Waals surface area contributed by atoms with Crippen LogP contribution in [-0.2, 0) is 24.9 Å². The molecule has 0 aliphatic carbocycles. The summed E-state index contributed by atoms with van der Waals surface area (Å²) in [6, 6.07) is 8.25. The summed E-state index contributed by atoms with van der Waals surface area (Å²) in [6.45, 7) is 9.23. The Balaban J connectivity index is 2.03. The van der Waals surface area contributed by atoms with Gasteiger partial charge in [-0.15, -0.1) is 0 Å². The van der Waals surface area contributed by atoms with Crippen LogP contribution in [0.5, 0.6) is 0 Å². The molecule has 2 aromatic carbocycles. The summed E-state index contributed by atoms with van der Waals surface area (Å²) in [7, 11) is -4.03. The quantitative estimate of drug-likeness (QED) is 0.694. The zero-order chi connectivity index (χ0) is 22.3. The van der Waals surface area contributed by atoms with E-state index in [0.29, 0.717) is 16.7 Å². The van der Waals surface area contributed by atoms with Crippen molar-refractivity contribution in [3.8, 4) is 0 Å². The lowest BCUT2D eigenvalue weighted by Crippen LogP contribution is -2.41. The Kier molecular flexibility index (Phi) is 6.01. The minimum absolute atomic E-state index is 0.0274. The van der Waals surface area contributed by atoms with Gasteiger partial charge in [-0.2, -0.15) is 0 Å². The van der Waals surface area contributed by atoms with Crippen LogP contribution >= 0.6 is 0 Å². The zero-order valence-corrected chi connectivity index (χ0v) is 18.6. The van der Waals surface area contributed by atoms with Crippen LogP contribution in [0.1, 0.15) is 40.2 Å². The molecule has 162 valence electrons. The van der Waals surface area contributed by atoms with Crippen molar-refractivity contribution >= 4 is 33.8 Å². The lowest BCUT2D eigenvalue weighted by molar-refractivity contribution is 0.00578. The molecule has 2 aromatic rings. The number of hydrogen-bond donors (Lipinski definition) is 1. The second-order valence-corrected chi connectivity index (χ2v) is 10.8. The molecular weight excluding hydrogens is 411 g/mol. The van der Waals surface area contributed by atoms with Crippen LogP contribution < -0.4 is 10.8 Å². The molecule has 0 unspecified atom stereocenters. The van der Waals surface area contributed by atoms with Crippen molar-refractivity contribution in [2.45, 2.75) is 51.6 Å². The fraction of sp³-hybridized carbons (Fsp3) is 0.429. The molecule has 0 aromatic heterocycles. The van der Waals surface area contributed by atoms with Crippen molar-refractivity contribution < 1.29 is 26.5 Å². The van der Waals surface area contributed by atoms with Gasteiger partial charge in [-0.1, -0.05) is 19.1 Å². The predicted octanol–water partition coefficient (Wildman–Crippen LogP) is 3.94. The summed E-state index contributed by atoms with van der Waals surface area (Å²) in [5.74, 6) is -1.52. The highest BCUT2D eigenvalue weighted by Gasteiger charge is 2.52. The van der Waals surface area contributed by atoms with E-state index in [4.69, 9.17) is 9.31 Å². The fourth-order valence-corrected chi connectivity index (χ4v) is 3.96. The molecular formula is C21H26BF2NO4S. The normalized spacial score (nSPS) is 17.9. The number of nitrogens with one attached hydrogen (secondary N) is 1. The van der Waals surface area contributed by atoms with Crippen molar-refractivity contribution in [1.29, 1.82) is 0 Å². The van der Waals surface area contributed by atoms with E-state index < -0.39 is 39.8 Å². The van der Waals surface area contributed by atoms with Gasteiger partial charge in [0.15, 0.2) is 9.84 Å². The smallest absolute Gasteiger partial charge is 0.399 e. The average Bonchev–Trinajstić information content (AvgIpc) is 2.85. The van der Waals surface area contributed by atoms with Gasteiger partial charge in [0, 0.05) is 23.0 Å². The van der Waals surface area contributed by atoms with Gasteiger partial charge in [-0.05, 0) is 51.5 Å². The Bertz CT molecular complexity index is 1040. The third-order valence-electron chi connectivity index (χ3n) is 5.65. The van der Waals surface area contributed by atoms with Gasteiger partial charge in [0.05, 0.1) is 22.6 Å². The van der Waals surface area contributed by atoms with Gasteiger partial charge in [0.2, 0.25) is 0 Å². The van der Waals surface area contributed by atoms with Gasteiger partial charge >= 0.3 is 7.12 Å². The number of benzene rings is 2. The van der Waals surface area contributed by atoms with Crippen LogP contribution in [0.4, 0.5) is 20.2 Å². The third-order valence-corrected chi connectivity index (χ3v) is 7.30. The summed E-state index contributed by atoms with van der Waals surface area (Å²) in [4.78, 5) is 0. The Morgan fingerprint density at radius 1 is 0.967 bits per heavy atom. The average molecular weight is 437 g/mol. The van der Waals surface area contributed by atoms with Crippen molar-refractivity contribution in [3.63, 3.8) is 0 Å². The first kappa shape index (κ1) is 22.7. The first-order valence-corrected chi connectivity index (χ1v) is 11.6. The van der Waals surface area contributed by atoms with Crippen molar-refractivity contribution in [2.24, 2.45) is 0 Å². The van der Waals surface area contributed by atoms with Crippen LogP contribution in [0.25, 0.3) is 0 Å². The molecule has 0 amide bonds. The highest BCUT2D eigenvalue weighted by atomic mass is 32.2. The van der Waals surface area contributed by atoms with Crippen LogP contribution in [0, 0.1) is 11.6 Å². The maximum atomic E-state index is 14.2. The standard InChI is InChI=1S/C21H26BF2NO4S/c1-6-30(26,27)13-14-7-9-18(25-19-10-8-15(23)12-17(19)24)16(11-14)22-28-20(2,3)21(4,5)29-22/h7-12,25H,6,13H2,1-5H3. The Morgan fingerprint density at radius 3 is 2.13 bits per heavy atom. The van der Waals surface area contributed by atoms with Gasteiger partial charge in [0.1, 0.15) is 11.6 Å². The number of sulfone groups is 1. The van der Waals surface area contributed by atoms with Gasteiger partial charge < -0.3 is 14.6 Å². The lowest BCUT2D eigenvalue weighted by Gasteiger charge is -2.32. The molecule has 0 spiro atoms. The molecule has 0 saturated carbocycles. The SMILES string of the molecule is CCS(=O)(=O)Cc1ccc(Nc2ccc(F)cc2F)c(B2OC(C)(C)C(C)(C)O2)c1. The molecule has 5 nitrogen and oxygen atoms in total. The van der Waals surface area contributed by atoms with E-state index in [1.807, 2.05) is 27.7 Å². The molecule has 0 radical (unpaired) electrons. The van der Waals surface area contributed by atoms with E-state index in [9.17, 15) is 17.2 Å². The summed E-state index contributed by atoms with van der Waals surface area (Å²) in [5, 5.41) is 2.95. The van der Waals surface area contributed by atoms with Crippen molar-refractivity contribution in [3.05, 3.63) is 53.6 Å². The molecule has 3 rings (SSSR count). The summed E-state index contributed by atoms with van der Waals surface area (Å²) in [5.41, 5.74) is 0.468. The predicted molar refractivity (Wildman–Crippen MR) is 115 cm³/mol. The van der Waals surface area contributed by atoms with E-state index in [1.54, 1.807) is 25.1 Å². The Labute approximate surface area is 176 Å². The van der Waals surface area contributed by atoms with Crippen LogP contribution in [-0.4, -0.2) is 32.5 Å². The number of halogens is 2. The summed E-state index contributed by atoms with van der Waals surface area (Å²) >= 11 is 0.